The SMILES string of the molecule is COCC(=O)Nc1cc(COC2CCC(N)c3ccccc32)ccn1. The Kier molecular flexibility index (Phi) is 5.75. The average Bonchev–Trinajstić information content (AvgIpc) is 2.62. The first-order valence-electron chi connectivity index (χ1n) is 8.37. The topological polar surface area (TPSA) is 86.5 Å². The van der Waals surface area contributed by atoms with Crippen LogP contribution in [0.3, 0.4) is 0 Å². The van der Waals surface area contributed by atoms with Gasteiger partial charge in [-0.25, -0.2) is 4.98 Å². The number of rotatable bonds is 6. The van der Waals surface area contributed by atoms with Crippen molar-refractivity contribution in [1.29, 1.82) is 0 Å². The summed E-state index contributed by atoms with van der Waals surface area (Å²) in [4.78, 5) is 15.7. The lowest BCUT2D eigenvalue weighted by Crippen LogP contribution is -2.21. The molecule has 1 aliphatic rings. The van der Waals surface area contributed by atoms with Gasteiger partial charge in [-0.3, -0.25) is 4.79 Å². The Morgan fingerprint density at radius 2 is 2.08 bits per heavy atom. The number of pyridine rings is 1. The van der Waals surface area contributed by atoms with Gasteiger partial charge >= 0.3 is 0 Å². The van der Waals surface area contributed by atoms with E-state index in [-0.39, 0.29) is 24.7 Å². The Labute approximate surface area is 147 Å². The van der Waals surface area contributed by atoms with Crippen molar-refractivity contribution >= 4 is 11.7 Å². The summed E-state index contributed by atoms with van der Waals surface area (Å²) in [6.45, 7) is 0.450. The van der Waals surface area contributed by atoms with Crippen LogP contribution in [0.5, 0.6) is 0 Å². The molecule has 0 spiro atoms. The second-order valence-electron chi connectivity index (χ2n) is 6.14. The van der Waals surface area contributed by atoms with Crippen LogP contribution >= 0.6 is 0 Å². The number of ether oxygens (including phenoxy) is 2. The molecule has 6 heteroatoms. The second kappa shape index (κ2) is 8.20. The Morgan fingerprint density at radius 3 is 2.88 bits per heavy atom. The molecule has 0 saturated carbocycles. The maximum atomic E-state index is 11.6. The zero-order valence-electron chi connectivity index (χ0n) is 14.3. The van der Waals surface area contributed by atoms with Crippen LogP contribution in [0.2, 0.25) is 0 Å². The summed E-state index contributed by atoms with van der Waals surface area (Å²) < 4.78 is 10.9. The molecule has 0 fully saturated rings. The van der Waals surface area contributed by atoms with E-state index in [0.717, 1.165) is 18.4 Å². The molecule has 2 aromatic rings. The lowest BCUT2D eigenvalue weighted by molar-refractivity contribution is -0.119. The predicted octanol–water partition coefficient (Wildman–Crippen LogP) is 2.72. The second-order valence-corrected chi connectivity index (χ2v) is 6.14. The van der Waals surface area contributed by atoms with E-state index in [4.69, 9.17) is 15.2 Å². The molecular formula is C19H23N3O3. The molecule has 1 aromatic carbocycles. The number of hydrogen-bond acceptors (Lipinski definition) is 5. The number of nitrogens with two attached hydrogens (primary N) is 1. The van der Waals surface area contributed by atoms with Crippen LogP contribution < -0.4 is 11.1 Å². The molecule has 2 atom stereocenters. The molecule has 132 valence electrons. The molecule has 0 saturated heterocycles. The van der Waals surface area contributed by atoms with E-state index < -0.39 is 0 Å². The number of aromatic nitrogens is 1. The summed E-state index contributed by atoms with van der Waals surface area (Å²) in [6.07, 6.45) is 3.51. The van der Waals surface area contributed by atoms with Crippen LogP contribution in [0.4, 0.5) is 5.82 Å². The van der Waals surface area contributed by atoms with Gasteiger partial charge in [0.1, 0.15) is 12.4 Å². The number of amides is 1. The molecule has 3 N–H and O–H groups in total. The van der Waals surface area contributed by atoms with Crippen molar-refractivity contribution in [3.05, 3.63) is 59.3 Å². The maximum absolute atomic E-state index is 11.6. The van der Waals surface area contributed by atoms with Crippen LogP contribution in [0.15, 0.2) is 42.6 Å². The van der Waals surface area contributed by atoms with Gasteiger partial charge in [0.25, 0.3) is 5.91 Å². The van der Waals surface area contributed by atoms with E-state index in [1.165, 1.54) is 18.2 Å². The van der Waals surface area contributed by atoms with Crippen LogP contribution in [-0.2, 0) is 20.9 Å². The third-order valence-corrected chi connectivity index (χ3v) is 4.30. The summed E-state index contributed by atoms with van der Waals surface area (Å²) in [5, 5.41) is 2.70. The van der Waals surface area contributed by atoms with E-state index in [1.54, 1.807) is 6.20 Å². The third kappa shape index (κ3) is 4.42. The minimum atomic E-state index is -0.233. The summed E-state index contributed by atoms with van der Waals surface area (Å²) in [7, 11) is 1.48. The lowest BCUT2D eigenvalue weighted by atomic mass is 9.86. The van der Waals surface area contributed by atoms with Crippen molar-refractivity contribution in [1.82, 2.24) is 4.98 Å². The molecule has 1 aliphatic carbocycles. The largest absolute Gasteiger partial charge is 0.375 e. The highest BCUT2D eigenvalue weighted by Gasteiger charge is 2.25. The van der Waals surface area contributed by atoms with E-state index in [1.807, 2.05) is 24.3 Å². The number of anilines is 1. The molecular weight excluding hydrogens is 318 g/mol. The first-order chi connectivity index (χ1) is 12.2. The number of carbonyl (C=O) groups excluding carboxylic acids is 1. The van der Waals surface area contributed by atoms with Gasteiger partial charge < -0.3 is 20.5 Å². The Morgan fingerprint density at radius 1 is 1.28 bits per heavy atom. The number of fused-ring (bicyclic) bond motifs is 1. The van der Waals surface area contributed by atoms with Crippen LogP contribution in [0.25, 0.3) is 0 Å². The smallest absolute Gasteiger partial charge is 0.251 e. The molecule has 0 radical (unpaired) electrons. The lowest BCUT2D eigenvalue weighted by Gasteiger charge is -2.29. The Balaban J connectivity index is 1.64. The number of carbonyl (C=O) groups is 1. The highest BCUT2D eigenvalue weighted by atomic mass is 16.5. The summed E-state index contributed by atoms with van der Waals surface area (Å²) in [5.74, 6) is 0.262. The van der Waals surface area contributed by atoms with Crippen molar-refractivity contribution in [3.63, 3.8) is 0 Å². The number of methoxy groups -OCH3 is 1. The van der Waals surface area contributed by atoms with E-state index >= 15 is 0 Å². The van der Waals surface area contributed by atoms with Gasteiger partial charge in [0.15, 0.2) is 0 Å². The predicted molar refractivity (Wildman–Crippen MR) is 94.9 cm³/mol. The van der Waals surface area contributed by atoms with Crippen molar-refractivity contribution in [3.8, 4) is 0 Å². The highest BCUT2D eigenvalue weighted by molar-refractivity contribution is 5.90. The van der Waals surface area contributed by atoms with Crippen molar-refractivity contribution in [2.24, 2.45) is 5.73 Å². The standard InChI is InChI=1S/C19H23N3O3/c1-24-12-19(23)22-18-10-13(8-9-21-18)11-25-17-7-6-16(20)14-4-2-3-5-15(14)17/h2-5,8-10,16-17H,6-7,11-12,20H2,1H3,(H,21,22,23). The normalized spacial score (nSPS) is 19.3. The highest BCUT2D eigenvalue weighted by Crippen LogP contribution is 2.37. The minimum Gasteiger partial charge on any atom is -0.375 e. The van der Waals surface area contributed by atoms with E-state index in [2.05, 4.69) is 22.4 Å². The van der Waals surface area contributed by atoms with Gasteiger partial charge in [0.2, 0.25) is 0 Å². The number of nitrogens with one attached hydrogen (secondary N) is 1. The first-order valence-corrected chi connectivity index (χ1v) is 8.37. The quantitative estimate of drug-likeness (QED) is 0.844. The molecule has 0 aliphatic heterocycles. The zero-order chi connectivity index (χ0) is 17.6. The fraction of sp³-hybridized carbons (Fsp3) is 0.368. The summed E-state index contributed by atoms with van der Waals surface area (Å²) in [5.41, 5.74) is 9.48. The van der Waals surface area contributed by atoms with Gasteiger partial charge in [-0.2, -0.15) is 0 Å². The Bertz CT molecular complexity index is 735. The maximum Gasteiger partial charge on any atom is 0.251 e. The fourth-order valence-corrected chi connectivity index (χ4v) is 3.10. The number of hydrogen-bond donors (Lipinski definition) is 2. The van der Waals surface area contributed by atoms with Gasteiger partial charge in [0, 0.05) is 19.3 Å². The molecule has 6 nitrogen and oxygen atoms in total. The van der Waals surface area contributed by atoms with Crippen LogP contribution in [0.1, 0.15) is 41.7 Å². The molecule has 1 aromatic heterocycles. The zero-order valence-corrected chi connectivity index (χ0v) is 14.3. The van der Waals surface area contributed by atoms with E-state index in [9.17, 15) is 4.79 Å². The molecule has 0 bridgehead atoms. The van der Waals surface area contributed by atoms with Crippen molar-refractivity contribution in [2.45, 2.75) is 31.6 Å². The number of benzene rings is 1. The molecule has 1 heterocycles. The van der Waals surface area contributed by atoms with E-state index in [0.29, 0.717) is 12.4 Å². The molecule has 1 amide bonds. The minimum absolute atomic E-state index is 0.00151. The average molecular weight is 341 g/mol. The molecule has 3 rings (SSSR count). The number of nitrogens with zero attached hydrogens (tertiary/aromatic N) is 1. The van der Waals surface area contributed by atoms with Crippen LogP contribution in [-0.4, -0.2) is 24.6 Å². The van der Waals surface area contributed by atoms with Gasteiger partial charge in [0.05, 0.1) is 12.7 Å². The summed E-state index contributed by atoms with van der Waals surface area (Å²) in [6, 6.07) is 12.0. The first kappa shape index (κ1) is 17.5. The van der Waals surface area contributed by atoms with Gasteiger partial charge in [-0.15, -0.1) is 0 Å². The van der Waals surface area contributed by atoms with Crippen molar-refractivity contribution in [2.75, 3.05) is 19.0 Å². The monoisotopic (exact) mass is 341 g/mol. The Hall–Kier alpha value is -2.28. The molecule has 25 heavy (non-hydrogen) atoms. The van der Waals surface area contributed by atoms with Gasteiger partial charge in [-0.05, 0) is 41.7 Å². The van der Waals surface area contributed by atoms with Crippen molar-refractivity contribution < 1.29 is 14.3 Å². The molecule has 2 unspecified atom stereocenters. The van der Waals surface area contributed by atoms with Gasteiger partial charge in [-0.1, -0.05) is 24.3 Å². The third-order valence-electron chi connectivity index (χ3n) is 4.30. The summed E-state index contributed by atoms with van der Waals surface area (Å²) >= 11 is 0. The van der Waals surface area contributed by atoms with Crippen LogP contribution in [0, 0.1) is 0 Å². The fourth-order valence-electron chi connectivity index (χ4n) is 3.10.